The van der Waals surface area contributed by atoms with Gasteiger partial charge in [0.05, 0.1) is 18.8 Å². The van der Waals surface area contributed by atoms with Gasteiger partial charge in [0.1, 0.15) is 0 Å². The molecular weight excluding hydrogens is 214 g/mol. The number of methoxy groups -OCH3 is 1. The topological polar surface area (TPSA) is 44.5 Å². The molecular formula is C14H21NO2. The van der Waals surface area contributed by atoms with E-state index in [1.165, 1.54) is 5.56 Å². The van der Waals surface area contributed by atoms with Gasteiger partial charge in [-0.25, -0.2) is 0 Å². The van der Waals surface area contributed by atoms with Crippen molar-refractivity contribution in [2.75, 3.05) is 7.11 Å². The Labute approximate surface area is 103 Å². The number of ether oxygens (including phenoxy) is 2. The van der Waals surface area contributed by atoms with Crippen LogP contribution in [0.5, 0.6) is 0 Å². The summed E-state index contributed by atoms with van der Waals surface area (Å²) in [4.78, 5) is 0. The summed E-state index contributed by atoms with van der Waals surface area (Å²) in [6.07, 6.45) is 3.35. The second kappa shape index (κ2) is 6.15. The lowest BCUT2D eigenvalue weighted by Gasteiger charge is -2.33. The molecule has 3 atom stereocenters. The molecule has 2 N–H and O–H groups in total. The molecule has 1 aromatic carbocycles. The second-order valence-electron chi connectivity index (χ2n) is 4.67. The highest BCUT2D eigenvalue weighted by atomic mass is 16.5. The Balaban J connectivity index is 1.80. The molecule has 0 heterocycles. The first kappa shape index (κ1) is 12.6. The zero-order valence-corrected chi connectivity index (χ0v) is 10.3. The number of benzene rings is 1. The monoisotopic (exact) mass is 235 g/mol. The fourth-order valence-corrected chi connectivity index (χ4v) is 2.33. The molecule has 0 spiro atoms. The molecule has 0 aliphatic heterocycles. The van der Waals surface area contributed by atoms with Crippen molar-refractivity contribution >= 4 is 0 Å². The molecule has 0 unspecified atom stereocenters. The van der Waals surface area contributed by atoms with Crippen LogP contribution in [0.4, 0.5) is 0 Å². The molecule has 1 saturated carbocycles. The molecule has 17 heavy (non-hydrogen) atoms. The van der Waals surface area contributed by atoms with Crippen molar-refractivity contribution in [1.82, 2.24) is 0 Å². The van der Waals surface area contributed by atoms with Gasteiger partial charge in [0, 0.05) is 19.6 Å². The lowest BCUT2D eigenvalue weighted by Crippen LogP contribution is -2.43. The molecule has 3 heteroatoms. The summed E-state index contributed by atoms with van der Waals surface area (Å²) >= 11 is 0. The van der Waals surface area contributed by atoms with Crippen molar-refractivity contribution in [1.29, 1.82) is 0 Å². The Morgan fingerprint density at radius 3 is 2.71 bits per heavy atom. The molecule has 1 aromatic rings. The van der Waals surface area contributed by atoms with Crippen molar-refractivity contribution in [3.05, 3.63) is 35.9 Å². The minimum absolute atomic E-state index is 0.143. The minimum atomic E-state index is 0.143. The average Bonchev–Trinajstić information content (AvgIpc) is 2.39. The van der Waals surface area contributed by atoms with Gasteiger partial charge in [0.25, 0.3) is 0 Å². The summed E-state index contributed by atoms with van der Waals surface area (Å²) in [5, 5.41) is 0. The van der Waals surface area contributed by atoms with Crippen LogP contribution in [0.25, 0.3) is 0 Å². The molecule has 0 radical (unpaired) electrons. The Bertz CT molecular complexity index is 328. The predicted molar refractivity (Wildman–Crippen MR) is 67.6 cm³/mol. The van der Waals surface area contributed by atoms with E-state index in [1.54, 1.807) is 7.11 Å². The maximum absolute atomic E-state index is 5.98. The molecule has 94 valence electrons. The maximum atomic E-state index is 5.98. The van der Waals surface area contributed by atoms with Gasteiger partial charge in [-0.3, -0.25) is 0 Å². The van der Waals surface area contributed by atoms with Crippen molar-refractivity contribution in [2.24, 2.45) is 5.73 Å². The molecule has 2 rings (SSSR count). The van der Waals surface area contributed by atoms with Crippen LogP contribution in [0.1, 0.15) is 24.8 Å². The van der Waals surface area contributed by atoms with Crippen LogP contribution in [-0.4, -0.2) is 25.4 Å². The molecule has 1 aliphatic rings. The van der Waals surface area contributed by atoms with Crippen molar-refractivity contribution < 1.29 is 9.47 Å². The van der Waals surface area contributed by atoms with Crippen molar-refractivity contribution in [3.63, 3.8) is 0 Å². The van der Waals surface area contributed by atoms with E-state index in [0.717, 1.165) is 19.3 Å². The quantitative estimate of drug-likeness (QED) is 0.869. The lowest BCUT2D eigenvalue weighted by atomic mass is 9.91. The van der Waals surface area contributed by atoms with E-state index in [4.69, 9.17) is 15.2 Å². The first-order valence-corrected chi connectivity index (χ1v) is 6.23. The van der Waals surface area contributed by atoms with Gasteiger partial charge >= 0.3 is 0 Å². The van der Waals surface area contributed by atoms with E-state index in [9.17, 15) is 0 Å². The van der Waals surface area contributed by atoms with Gasteiger partial charge in [-0.15, -0.1) is 0 Å². The number of nitrogens with two attached hydrogens (primary N) is 1. The summed E-state index contributed by atoms with van der Waals surface area (Å²) in [6.45, 7) is 0.678. The third-order valence-electron chi connectivity index (χ3n) is 3.43. The molecule has 1 aliphatic carbocycles. The molecule has 0 aromatic heterocycles. The SMILES string of the molecule is CO[C@@H]1C[C@@H](OCc2ccccc2)CC[C@H]1N. The van der Waals surface area contributed by atoms with Crippen molar-refractivity contribution in [2.45, 2.75) is 44.1 Å². The molecule has 0 bridgehead atoms. The number of hydrogen-bond acceptors (Lipinski definition) is 3. The van der Waals surface area contributed by atoms with Gasteiger partial charge in [-0.2, -0.15) is 0 Å². The highest BCUT2D eigenvalue weighted by Crippen LogP contribution is 2.23. The Morgan fingerprint density at radius 2 is 2.00 bits per heavy atom. The van der Waals surface area contributed by atoms with Crippen LogP contribution in [0, 0.1) is 0 Å². The van der Waals surface area contributed by atoms with Crippen LogP contribution >= 0.6 is 0 Å². The molecule has 1 fully saturated rings. The smallest absolute Gasteiger partial charge is 0.0746 e. The van der Waals surface area contributed by atoms with Crippen LogP contribution < -0.4 is 5.73 Å². The van der Waals surface area contributed by atoms with Gasteiger partial charge in [0.2, 0.25) is 0 Å². The standard InChI is InChI=1S/C14H21NO2/c1-16-14-9-12(7-8-13(14)15)17-10-11-5-3-2-4-6-11/h2-6,12-14H,7-10,15H2,1H3/t12-,13+,14+/m0/s1. The lowest BCUT2D eigenvalue weighted by molar-refractivity contribution is -0.0442. The zero-order chi connectivity index (χ0) is 12.1. The molecule has 0 saturated heterocycles. The largest absolute Gasteiger partial charge is 0.380 e. The maximum Gasteiger partial charge on any atom is 0.0746 e. The average molecular weight is 235 g/mol. The van der Waals surface area contributed by atoms with Gasteiger partial charge in [-0.05, 0) is 18.4 Å². The van der Waals surface area contributed by atoms with Crippen LogP contribution in [0.2, 0.25) is 0 Å². The fourth-order valence-electron chi connectivity index (χ4n) is 2.33. The van der Waals surface area contributed by atoms with Gasteiger partial charge in [-0.1, -0.05) is 30.3 Å². The Hall–Kier alpha value is -0.900. The van der Waals surface area contributed by atoms with Crippen LogP contribution in [0.3, 0.4) is 0 Å². The van der Waals surface area contributed by atoms with E-state index in [1.807, 2.05) is 18.2 Å². The van der Waals surface area contributed by atoms with E-state index in [2.05, 4.69) is 12.1 Å². The summed E-state index contributed by atoms with van der Waals surface area (Å²) in [5.41, 5.74) is 7.20. The first-order chi connectivity index (χ1) is 8.29. The minimum Gasteiger partial charge on any atom is -0.380 e. The summed E-state index contributed by atoms with van der Waals surface area (Å²) in [7, 11) is 1.73. The third kappa shape index (κ3) is 3.53. The predicted octanol–water partition coefficient (Wildman–Crippen LogP) is 2.10. The zero-order valence-electron chi connectivity index (χ0n) is 10.3. The van der Waals surface area contributed by atoms with E-state index in [-0.39, 0.29) is 18.2 Å². The molecule has 0 amide bonds. The van der Waals surface area contributed by atoms with Crippen LogP contribution in [0.15, 0.2) is 30.3 Å². The van der Waals surface area contributed by atoms with Crippen molar-refractivity contribution in [3.8, 4) is 0 Å². The summed E-state index contributed by atoms with van der Waals surface area (Å²) in [5.74, 6) is 0. The summed E-state index contributed by atoms with van der Waals surface area (Å²) < 4.78 is 11.3. The fraction of sp³-hybridized carbons (Fsp3) is 0.571. The number of hydrogen-bond donors (Lipinski definition) is 1. The molecule has 3 nitrogen and oxygen atoms in total. The summed E-state index contributed by atoms with van der Waals surface area (Å²) in [6, 6.07) is 10.4. The normalized spacial score (nSPS) is 29.2. The van der Waals surface area contributed by atoms with E-state index in [0.29, 0.717) is 6.61 Å². The first-order valence-electron chi connectivity index (χ1n) is 6.23. The second-order valence-corrected chi connectivity index (χ2v) is 4.67. The highest BCUT2D eigenvalue weighted by molar-refractivity contribution is 5.13. The Kier molecular flexibility index (Phi) is 4.54. The van der Waals surface area contributed by atoms with Gasteiger partial charge < -0.3 is 15.2 Å². The van der Waals surface area contributed by atoms with Gasteiger partial charge in [0.15, 0.2) is 0 Å². The number of rotatable bonds is 4. The van der Waals surface area contributed by atoms with E-state index < -0.39 is 0 Å². The third-order valence-corrected chi connectivity index (χ3v) is 3.43. The van der Waals surface area contributed by atoms with Crippen LogP contribution in [-0.2, 0) is 16.1 Å². The van der Waals surface area contributed by atoms with E-state index >= 15 is 0 Å². The Morgan fingerprint density at radius 1 is 1.24 bits per heavy atom. The highest BCUT2D eigenvalue weighted by Gasteiger charge is 2.28.